The molecule has 0 saturated carbocycles. The molecule has 0 saturated heterocycles. The zero-order chi connectivity index (χ0) is 13.8. The highest BCUT2D eigenvalue weighted by Gasteiger charge is 2.06. The molecule has 2 rings (SSSR count). The van der Waals surface area contributed by atoms with Gasteiger partial charge in [0.25, 0.3) is 0 Å². The molecule has 0 radical (unpaired) electrons. The third kappa shape index (κ3) is 3.54. The lowest BCUT2D eigenvalue weighted by atomic mass is 10.1. The van der Waals surface area contributed by atoms with Crippen molar-refractivity contribution in [1.29, 1.82) is 0 Å². The Labute approximate surface area is 118 Å². The molecule has 2 aromatic rings. The number of nitrogens with one attached hydrogen (secondary N) is 1. The molecule has 0 aromatic heterocycles. The van der Waals surface area contributed by atoms with Crippen molar-refractivity contribution in [2.24, 2.45) is 0 Å². The first-order valence-corrected chi connectivity index (χ1v) is 6.37. The first-order valence-electron chi connectivity index (χ1n) is 5.57. The predicted molar refractivity (Wildman–Crippen MR) is 74.8 cm³/mol. The third-order valence-corrected chi connectivity index (χ3v) is 3.37. The van der Waals surface area contributed by atoms with Gasteiger partial charge in [0.2, 0.25) is 0 Å². The minimum Gasteiger partial charge on any atom is -0.478 e. The van der Waals surface area contributed by atoms with E-state index in [0.29, 0.717) is 6.54 Å². The van der Waals surface area contributed by atoms with Gasteiger partial charge in [-0.25, -0.2) is 9.18 Å². The molecule has 0 spiro atoms. The van der Waals surface area contributed by atoms with Gasteiger partial charge in [0.1, 0.15) is 5.82 Å². The molecule has 0 aliphatic carbocycles. The predicted octanol–water partition coefficient (Wildman–Crippen LogP) is 3.90. The fourth-order valence-electron chi connectivity index (χ4n) is 1.59. The fraction of sp³-hybridized carbons (Fsp3) is 0.0714. The Hall–Kier alpha value is -1.88. The van der Waals surface area contributed by atoms with E-state index in [2.05, 4.69) is 21.2 Å². The third-order valence-electron chi connectivity index (χ3n) is 2.63. The molecule has 0 bridgehead atoms. The van der Waals surface area contributed by atoms with E-state index in [9.17, 15) is 9.18 Å². The topological polar surface area (TPSA) is 49.3 Å². The number of hydrogen-bond acceptors (Lipinski definition) is 2. The first kappa shape index (κ1) is 13.5. The summed E-state index contributed by atoms with van der Waals surface area (Å²) < 4.78 is 13.5. The van der Waals surface area contributed by atoms with Crippen LogP contribution in [0.1, 0.15) is 15.9 Å². The van der Waals surface area contributed by atoms with Crippen molar-refractivity contribution in [2.45, 2.75) is 6.54 Å². The largest absolute Gasteiger partial charge is 0.478 e. The molecule has 2 aromatic carbocycles. The zero-order valence-corrected chi connectivity index (χ0v) is 11.4. The van der Waals surface area contributed by atoms with Crippen molar-refractivity contribution in [3.8, 4) is 0 Å². The summed E-state index contributed by atoms with van der Waals surface area (Å²) in [7, 11) is 0. The van der Waals surface area contributed by atoms with Crippen LogP contribution in [-0.4, -0.2) is 11.1 Å². The summed E-state index contributed by atoms with van der Waals surface area (Å²) in [6.45, 7) is 0.520. The van der Waals surface area contributed by atoms with Crippen molar-refractivity contribution in [2.75, 3.05) is 5.32 Å². The Balaban J connectivity index is 2.07. The lowest BCUT2D eigenvalue weighted by molar-refractivity contribution is 0.0697. The lowest BCUT2D eigenvalue weighted by Gasteiger charge is -2.09. The number of carbonyl (C=O) groups is 1. The highest BCUT2D eigenvalue weighted by molar-refractivity contribution is 9.10. The number of halogens is 2. The van der Waals surface area contributed by atoms with Crippen LogP contribution in [-0.2, 0) is 6.54 Å². The van der Waals surface area contributed by atoms with Crippen molar-refractivity contribution in [1.82, 2.24) is 0 Å². The van der Waals surface area contributed by atoms with E-state index < -0.39 is 5.97 Å². The molecule has 5 heteroatoms. The maximum Gasteiger partial charge on any atom is 0.335 e. The Bertz CT molecular complexity index is 599. The number of benzene rings is 2. The molecular formula is C14H11BrFNO2. The van der Waals surface area contributed by atoms with Crippen LogP contribution in [0.15, 0.2) is 46.9 Å². The van der Waals surface area contributed by atoms with Crippen LogP contribution in [0, 0.1) is 5.82 Å². The maximum absolute atomic E-state index is 12.7. The second-order valence-electron chi connectivity index (χ2n) is 3.97. The highest BCUT2D eigenvalue weighted by Crippen LogP contribution is 2.20. The second kappa shape index (κ2) is 5.84. The van der Waals surface area contributed by atoms with Crippen LogP contribution in [0.3, 0.4) is 0 Å². The van der Waals surface area contributed by atoms with E-state index in [1.54, 1.807) is 30.3 Å². The normalized spacial score (nSPS) is 10.2. The van der Waals surface area contributed by atoms with Crippen LogP contribution in [0.4, 0.5) is 10.1 Å². The zero-order valence-electron chi connectivity index (χ0n) is 9.86. The van der Waals surface area contributed by atoms with E-state index in [1.165, 1.54) is 12.1 Å². The molecule has 2 N–H and O–H groups in total. The van der Waals surface area contributed by atoms with E-state index in [0.717, 1.165) is 15.7 Å². The molecule has 0 aliphatic heterocycles. The molecule has 0 aliphatic rings. The van der Waals surface area contributed by atoms with Gasteiger partial charge in [-0.1, -0.05) is 22.0 Å². The molecule has 0 fully saturated rings. The van der Waals surface area contributed by atoms with Gasteiger partial charge in [-0.15, -0.1) is 0 Å². The molecule has 0 amide bonds. The van der Waals surface area contributed by atoms with E-state index in [1.807, 2.05) is 0 Å². The Morgan fingerprint density at radius 1 is 1.21 bits per heavy atom. The van der Waals surface area contributed by atoms with Crippen LogP contribution in [0.5, 0.6) is 0 Å². The Morgan fingerprint density at radius 2 is 1.89 bits per heavy atom. The van der Waals surface area contributed by atoms with Gasteiger partial charge >= 0.3 is 5.97 Å². The van der Waals surface area contributed by atoms with E-state index >= 15 is 0 Å². The summed E-state index contributed by atoms with van der Waals surface area (Å²) in [5.74, 6) is -1.24. The number of carboxylic acids is 1. The molecule has 19 heavy (non-hydrogen) atoms. The van der Waals surface area contributed by atoms with Crippen LogP contribution in [0.25, 0.3) is 0 Å². The summed E-state index contributed by atoms with van der Waals surface area (Å²) in [6, 6.07) is 10.9. The standard InChI is InChI=1S/C14H11BrFNO2/c15-13-7-9(14(18)19)1-2-10(13)8-17-12-5-3-11(16)4-6-12/h1-7,17H,8H2,(H,18,19). The monoisotopic (exact) mass is 323 g/mol. The van der Waals surface area contributed by atoms with Gasteiger partial charge < -0.3 is 10.4 Å². The van der Waals surface area contributed by atoms with Crippen molar-refractivity contribution < 1.29 is 14.3 Å². The molecular weight excluding hydrogens is 313 g/mol. The Morgan fingerprint density at radius 3 is 2.47 bits per heavy atom. The summed E-state index contributed by atoms with van der Waals surface area (Å²) >= 11 is 3.34. The first-order chi connectivity index (χ1) is 9.06. The average Bonchev–Trinajstić information content (AvgIpc) is 2.39. The highest BCUT2D eigenvalue weighted by atomic mass is 79.9. The quantitative estimate of drug-likeness (QED) is 0.897. The molecule has 0 heterocycles. The summed E-state index contributed by atoms with van der Waals surface area (Å²) in [4.78, 5) is 10.8. The van der Waals surface area contributed by atoms with Crippen LogP contribution in [0.2, 0.25) is 0 Å². The summed E-state index contributed by atoms with van der Waals surface area (Å²) in [5, 5.41) is 12.0. The molecule has 0 atom stereocenters. The van der Waals surface area contributed by atoms with Gasteiger partial charge in [0, 0.05) is 16.7 Å². The van der Waals surface area contributed by atoms with Crippen molar-refractivity contribution >= 4 is 27.6 Å². The SMILES string of the molecule is O=C(O)c1ccc(CNc2ccc(F)cc2)c(Br)c1. The van der Waals surface area contributed by atoms with Crippen molar-refractivity contribution in [3.05, 3.63) is 63.9 Å². The number of rotatable bonds is 4. The van der Waals surface area contributed by atoms with Crippen LogP contribution >= 0.6 is 15.9 Å². The second-order valence-corrected chi connectivity index (χ2v) is 4.83. The van der Waals surface area contributed by atoms with Gasteiger partial charge in [-0.2, -0.15) is 0 Å². The molecule has 98 valence electrons. The van der Waals surface area contributed by atoms with Crippen LogP contribution < -0.4 is 5.32 Å². The number of hydrogen-bond donors (Lipinski definition) is 2. The minimum absolute atomic E-state index is 0.234. The average molecular weight is 324 g/mol. The smallest absolute Gasteiger partial charge is 0.335 e. The van der Waals surface area contributed by atoms with Gasteiger partial charge in [-0.3, -0.25) is 0 Å². The van der Waals surface area contributed by atoms with E-state index in [-0.39, 0.29) is 11.4 Å². The van der Waals surface area contributed by atoms with E-state index in [4.69, 9.17) is 5.11 Å². The van der Waals surface area contributed by atoms with Gasteiger partial charge in [0.05, 0.1) is 5.56 Å². The minimum atomic E-state index is -0.959. The number of anilines is 1. The Kier molecular flexibility index (Phi) is 4.16. The fourth-order valence-corrected chi connectivity index (χ4v) is 2.11. The summed E-state index contributed by atoms with van der Waals surface area (Å²) in [6.07, 6.45) is 0. The van der Waals surface area contributed by atoms with Crippen molar-refractivity contribution in [3.63, 3.8) is 0 Å². The molecule has 0 unspecified atom stereocenters. The number of carboxylic acid groups (broad SMARTS) is 1. The maximum atomic E-state index is 12.7. The van der Waals surface area contributed by atoms with Gasteiger partial charge in [-0.05, 0) is 42.0 Å². The summed E-state index contributed by atoms with van der Waals surface area (Å²) in [5.41, 5.74) is 1.96. The lowest BCUT2D eigenvalue weighted by Crippen LogP contribution is -2.02. The van der Waals surface area contributed by atoms with Gasteiger partial charge in [0.15, 0.2) is 0 Å². The molecule has 3 nitrogen and oxygen atoms in total. The number of aromatic carboxylic acids is 1.